The minimum Gasteiger partial charge on any atom is -0.481 e. The number of unbranched alkanes of at least 4 members (excludes halogenated alkanes) is 15. The molecule has 0 heterocycles. The molecule has 198 valence electrons. The minimum atomic E-state index is -0.656. The highest BCUT2D eigenvalue weighted by atomic mass is 16.4. The molecule has 0 bridgehead atoms. The Labute approximate surface area is 213 Å². The van der Waals surface area contributed by atoms with E-state index in [0.29, 0.717) is 6.42 Å². The Morgan fingerprint density at radius 3 is 1.71 bits per heavy atom. The third-order valence-electron chi connectivity index (χ3n) is 8.32. The predicted octanol–water partition coefficient (Wildman–Crippen LogP) is 10.7. The molecule has 34 heavy (non-hydrogen) atoms. The molecule has 0 aromatic heterocycles. The minimum absolute atomic E-state index is 0.340. The number of allylic oxidation sites excluding steroid dienone is 3. The van der Waals surface area contributed by atoms with Gasteiger partial charge in [0.15, 0.2) is 0 Å². The number of carboxylic acid groups (broad SMARTS) is 1. The van der Waals surface area contributed by atoms with E-state index < -0.39 is 5.97 Å². The fraction of sp³-hybridized carbons (Fsp3) is 0.844. The van der Waals surface area contributed by atoms with Crippen LogP contribution in [0, 0.1) is 17.3 Å². The lowest BCUT2D eigenvalue weighted by Crippen LogP contribution is -2.07. The Balaban J connectivity index is 0.000000469. The molecule has 1 N–H and O–H groups in total. The van der Waals surface area contributed by atoms with E-state index in [4.69, 9.17) is 5.11 Å². The molecule has 2 fully saturated rings. The normalized spacial score (nSPS) is 21.1. The molecule has 0 aliphatic heterocycles. The van der Waals surface area contributed by atoms with Gasteiger partial charge in [0.1, 0.15) is 0 Å². The molecular weight excluding hydrogens is 416 g/mol. The highest BCUT2D eigenvalue weighted by Crippen LogP contribution is 2.69. The highest BCUT2D eigenvalue weighted by Gasteiger charge is 2.59. The average molecular weight is 475 g/mol. The molecule has 2 rings (SSSR count). The first-order valence-corrected chi connectivity index (χ1v) is 15.0. The second-order valence-corrected chi connectivity index (χ2v) is 11.4. The molecule has 2 aliphatic rings. The van der Waals surface area contributed by atoms with E-state index >= 15 is 0 Å². The predicted molar refractivity (Wildman–Crippen MR) is 149 cm³/mol. The molecule has 0 spiro atoms. The molecule has 2 atom stereocenters. The topological polar surface area (TPSA) is 37.3 Å². The molecule has 2 heteroatoms. The first-order chi connectivity index (χ1) is 16.4. The Hall–Kier alpha value is -1.05. The van der Waals surface area contributed by atoms with Gasteiger partial charge in [-0.3, -0.25) is 4.79 Å². The van der Waals surface area contributed by atoms with Crippen LogP contribution in [0.1, 0.15) is 156 Å². The SMILES string of the molecule is C=C1CCC2(C(C)C)CC12.CCCCCCCC/C=C\CCCCCCCCCCCC(=O)O. The van der Waals surface area contributed by atoms with Crippen LogP contribution in [0.2, 0.25) is 0 Å². The second kappa shape index (κ2) is 19.2. The van der Waals surface area contributed by atoms with Crippen LogP contribution in [-0.4, -0.2) is 11.1 Å². The Morgan fingerprint density at radius 1 is 0.882 bits per heavy atom. The average Bonchev–Trinajstić information content (AvgIpc) is 3.47. The molecule has 0 aromatic rings. The van der Waals surface area contributed by atoms with Gasteiger partial charge in [-0.25, -0.2) is 0 Å². The zero-order valence-corrected chi connectivity index (χ0v) is 23.2. The number of carboxylic acids is 1. The molecule has 0 amide bonds. The van der Waals surface area contributed by atoms with Gasteiger partial charge in [0, 0.05) is 6.42 Å². The van der Waals surface area contributed by atoms with E-state index in [-0.39, 0.29) is 0 Å². The van der Waals surface area contributed by atoms with Crippen LogP contribution in [0.3, 0.4) is 0 Å². The van der Waals surface area contributed by atoms with E-state index in [0.717, 1.165) is 30.1 Å². The van der Waals surface area contributed by atoms with E-state index in [1.165, 1.54) is 121 Å². The molecule has 0 saturated heterocycles. The van der Waals surface area contributed by atoms with Crippen molar-refractivity contribution in [3.05, 3.63) is 24.3 Å². The van der Waals surface area contributed by atoms with Crippen LogP contribution in [0.15, 0.2) is 24.3 Å². The van der Waals surface area contributed by atoms with Crippen molar-refractivity contribution in [2.75, 3.05) is 0 Å². The van der Waals surface area contributed by atoms with Crippen molar-refractivity contribution in [2.45, 2.75) is 156 Å². The number of hydrogen-bond acceptors (Lipinski definition) is 1. The Bertz CT molecular complexity index is 561. The van der Waals surface area contributed by atoms with Crippen molar-refractivity contribution in [1.29, 1.82) is 0 Å². The van der Waals surface area contributed by atoms with Crippen LogP contribution < -0.4 is 0 Å². The van der Waals surface area contributed by atoms with Gasteiger partial charge in [-0.15, -0.1) is 0 Å². The summed E-state index contributed by atoms with van der Waals surface area (Å²) in [5.74, 6) is 1.15. The van der Waals surface area contributed by atoms with Crippen molar-refractivity contribution in [2.24, 2.45) is 17.3 Å². The maximum absolute atomic E-state index is 10.4. The maximum Gasteiger partial charge on any atom is 0.303 e. The number of carbonyl (C=O) groups is 1. The summed E-state index contributed by atoms with van der Waals surface area (Å²) in [7, 11) is 0. The number of rotatable bonds is 20. The lowest BCUT2D eigenvalue weighted by molar-refractivity contribution is -0.137. The van der Waals surface area contributed by atoms with Crippen LogP contribution in [0.25, 0.3) is 0 Å². The van der Waals surface area contributed by atoms with E-state index in [2.05, 4.69) is 39.5 Å². The summed E-state index contributed by atoms with van der Waals surface area (Å²) < 4.78 is 0. The van der Waals surface area contributed by atoms with Crippen LogP contribution in [-0.2, 0) is 4.79 Å². The van der Waals surface area contributed by atoms with Crippen molar-refractivity contribution < 1.29 is 9.90 Å². The van der Waals surface area contributed by atoms with E-state index in [1.807, 2.05) is 0 Å². The quantitative estimate of drug-likeness (QED) is 0.141. The van der Waals surface area contributed by atoms with Gasteiger partial charge in [0.25, 0.3) is 0 Å². The summed E-state index contributed by atoms with van der Waals surface area (Å²) in [5, 5.41) is 8.55. The summed E-state index contributed by atoms with van der Waals surface area (Å²) in [6.45, 7) is 11.1. The zero-order valence-electron chi connectivity index (χ0n) is 23.2. The first-order valence-electron chi connectivity index (χ1n) is 15.0. The Morgan fingerprint density at radius 2 is 1.35 bits per heavy atom. The third-order valence-corrected chi connectivity index (χ3v) is 8.32. The lowest BCUT2D eigenvalue weighted by atomic mass is 9.90. The van der Waals surface area contributed by atoms with Crippen LogP contribution >= 0.6 is 0 Å². The molecule has 2 saturated carbocycles. The van der Waals surface area contributed by atoms with Gasteiger partial charge in [-0.1, -0.05) is 122 Å². The summed E-state index contributed by atoms with van der Waals surface area (Å²) in [6.07, 6.45) is 31.3. The van der Waals surface area contributed by atoms with Gasteiger partial charge in [0.05, 0.1) is 0 Å². The summed E-state index contributed by atoms with van der Waals surface area (Å²) in [6, 6.07) is 0. The largest absolute Gasteiger partial charge is 0.481 e. The van der Waals surface area contributed by atoms with Crippen molar-refractivity contribution in [3.8, 4) is 0 Å². The number of fused-ring (bicyclic) bond motifs is 1. The zero-order chi connectivity index (χ0) is 25.1. The Kier molecular flexibility index (Phi) is 17.5. The van der Waals surface area contributed by atoms with Gasteiger partial charge in [-0.2, -0.15) is 0 Å². The fourth-order valence-electron chi connectivity index (χ4n) is 5.70. The molecule has 0 radical (unpaired) electrons. The van der Waals surface area contributed by atoms with Crippen LogP contribution in [0.5, 0.6) is 0 Å². The summed E-state index contributed by atoms with van der Waals surface area (Å²) in [4.78, 5) is 10.4. The van der Waals surface area contributed by atoms with Gasteiger partial charge < -0.3 is 5.11 Å². The fourth-order valence-corrected chi connectivity index (χ4v) is 5.70. The molecular formula is C32H58O2. The summed E-state index contributed by atoms with van der Waals surface area (Å²) in [5.41, 5.74) is 2.27. The summed E-state index contributed by atoms with van der Waals surface area (Å²) >= 11 is 0. The first kappa shape index (κ1) is 31.0. The number of hydrogen-bond donors (Lipinski definition) is 1. The molecule has 0 aromatic carbocycles. The molecule has 2 nitrogen and oxygen atoms in total. The standard InChI is InChI=1S/C22H42O2.C10H16/c1-2-3-4-5-6-7-8-9-10-11-12-13-14-15-16-17-18-19-20-21-22(23)24;1-7(2)10-5-4-8(3)9(10)6-10/h9-10H,2-8,11-21H2,1H3,(H,23,24);7,9H,3-6H2,1-2H3/b10-9-;. The highest BCUT2D eigenvalue weighted by molar-refractivity contribution is 5.66. The van der Waals surface area contributed by atoms with Crippen molar-refractivity contribution >= 4 is 5.97 Å². The molecule has 2 aliphatic carbocycles. The van der Waals surface area contributed by atoms with Gasteiger partial charge in [-0.05, 0) is 68.6 Å². The smallest absolute Gasteiger partial charge is 0.303 e. The number of aliphatic carboxylic acids is 1. The van der Waals surface area contributed by atoms with E-state index in [1.54, 1.807) is 0 Å². The van der Waals surface area contributed by atoms with E-state index in [9.17, 15) is 4.79 Å². The second-order valence-electron chi connectivity index (χ2n) is 11.4. The van der Waals surface area contributed by atoms with Gasteiger partial charge >= 0.3 is 5.97 Å². The lowest BCUT2D eigenvalue weighted by Gasteiger charge is -2.15. The monoisotopic (exact) mass is 474 g/mol. The third kappa shape index (κ3) is 13.7. The van der Waals surface area contributed by atoms with Crippen LogP contribution in [0.4, 0.5) is 0 Å². The van der Waals surface area contributed by atoms with Crippen molar-refractivity contribution in [1.82, 2.24) is 0 Å². The van der Waals surface area contributed by atoms with Gasteiger partial charge in [0.2, 0.25) is 0 Å². The van der Waals surface area contributed by atoms with Crippen molar-refractivity contribution in [3.63, 3.8) is 0 Å². The molecule has 2 unspecified atom stereocenters. The maximum atomic E-state index is 10.4.